The molecule has 1 N–H and O–H groups in total. The molecule has 6 heteroatoms. The number of nitrogens with one attached hydrogen (secondary N) is 1. The number of fused-ring (bicyclic) bond motifs is 1. The van der Waals surface area contributed by atoms with Gasteiger partial charge in [0.1, 0.15) is 5.75 Å². The van der Waals surface area contributed by atoms with E-state index in [9.17, 15) is 4.79 Å². The molecular formula is C30H34N4O2. The lowest BCUT2D eigenvalue weighted by molar-refractivity contribution is 0.0708. The van der Waals surface area contributed by atoms with Crippen molar-refractivity contribution in [2.75, 3.05) is 31.6 Å². The second-order valence-corrected chi connectivity index (χ2v) is 9.72. The minimum Gasteiger partial charge on any atom is -0.493 e. The third kappa shape index (κ3) is 4.94. The number of nitrogens with zero attached hydrogens (tertiary/aromatic N) is 3. The first-order valence-electron chi connectivity index (χ1n) is 12.7. The van der Waals surface area contributed by atoms with Gasteiger partial charge < -0.3 is 19.9 Å². The third-order valence-electron chi connectivity index (χ3n) is 7.48. The van der Waals surface area contributed by atoms with Crippen LogP contribution in [0.15, 0.2) is 73.6 Å². The molecule has 6 nitrogen and oxygen atoms in total. The predicted molar refractivity (Wildman–Crippen MR) is 144 cm³/mol. The zero-order chi connectivity index (χ0) is 25.1. The number of hydrogen-bond donors (Lipinski definition) is 1. The number of anilines is 1. The SMILES string of the molecule is C=C(N[C@@H]1CCOc2cc(C(=O)N(C)C3CCN(c4ccncc4)CC3)ccc21)c1ccccc1C. The van der Waals surface area contributed by atoms with E-state index in [1.807, 2.05) is 66.8 Å². The number of carbonyl (C=O) groups is 1. The van der Waals surface area contributed by atoms with Crippen LogP contribution in [-0.4, -0.2) is 48.6 Å². The summed E-state index contributed by atoms with van der Waals surface area (Å²) >= 11 is 0. The van der Waals surface area contributed by atoms with Gasteiger partial charge in [0.25, 0.3) is 5.91 Å². The molecule has 0 saturated carbocycles. The van der Waals surface area contributed by atoms with E-state index in [1.54, 1.807) is 0 Å². The summed E-state index contributed by atoms with van der Waals surface area (Å²) in [6, 6.07) is 18.5. The number of pyridine rings is 1. The molecule has 0 aliphatic carbocycles. The molecule has 186 valence electrons. The van der Waals surface area contributed by atoms with Gasteiger partial charge >= 0.3 is 0 Å². The van der Waals surface area contributed by atoms with Gasteiger partial charge in [-0.3, -0.25) is 9.78 Å². The van der Waals surface area contributed by atoms with Crippen molar-refractivity contribution < 1.29 is 9.53 Å². The molecule has 1 amide bonds. The van der Waals surface area contributed by atoms with Crippen LogP contribution in [-0.2, 0) is 0 Å². The summed E-state index contributed by atoms with van der Waals surface area (Å²) in [7, 11) is 1.92. The molecule has 3 heterocycles. The molecule has 36 heavy (non-hydrogen) atoms. The monoisotopic (exact) mass is 482 g/mol. The van der Waals surface area contributed by atoms with Gasteiger partial charge in [0.2, 0.25) is 0 Å². The molecule has 2 aliphatic rings. The Hall–Kier alpha value is -3.80. The zero-order valence-corrected chi connectivity index (χ0v) is 21.1. The molecule has 0 bridgehead atoms. The standard InChI is InChI=1S/C30H34N4O2/c1-21-6-4-5-7-26(21)22(2)32-28-14-19-36-29-20-23(8-9-27(28)29)30(35)33(3)24-12-17-34(18-13-24)25-10-15-31-16-11-25/h4-11,15-16,20,24,28,32H,2,12-14,17-19H2,1,3H3/t28-/m1/s1. The Balaban J connectivity index is 1.24. The number of ether oxygens (including phenoxy) is 1. The van der Waals surface area contributed by atoms with Crippen LogP contribution in [0.25, 0.3) is 5.70 Å². The molecule has 5 rings (SSSR count). The van der Waals surface area contributed by atoms with E-state index >= 15 is 0 Å². The first kappa shape index (κ1) is 23.9. The van der Waals surface area contributed by atoms with Gasteiger partial charge in [-0.15, -0.1) is 0 Å². The highest BCUT2D eigenvalue weighted by Crippen LogP contribution is 2.35. The molecule has 1 aromatic heterocycles. The fraction of sp³-hybridized carbons (Fsp3) is 0.333. The second kappa shape index (κ2) is 10.4. The molecule has 1 atom stereocenters. The molecule has 0 radical (unpaired) electrons. The number of benzene rings is 2. The van der Waals surface area contributed by atoms with Crippen molar-refractivity contribution in [1.82, 2.24) is 15.2 Å². The van der Waals surface area contributed by atoms with E-state index in [4.69, 9.17) is 4.74 Å². The summed E-state index contributed by atoms with van der Waals surface area (Å²) in [4.78, 5) is 21.8. The Morgan fingerprint density at radius 2 is 1.83 bits per heavy atom. The Morgan fingerprint density at radius 3 is 2.58 bits per heavy atom. The second-order valence-electron chi connectivity index (χ2n) is 9.72. The van der Waals surface area contributed by atoms with Gasteiger partial charge in [-0.2, -0.15) is 0 Å². The molecule has 0 unspecified atom stereocenters. The highest BCUT2D eigenvalue weighted by atomic mass is 16.5. The number of rotatable bonds is 6. The third-order valence-corrected chi connectivity index (χ3v) is 7.48. The lowest BCUT2D eigenvalue weighted by atomic mass is 9.96. The lowest BCUT2D eigenvalue weighted by Gasteiger charge is -2.38. The average molecular weight is 483 g/mol. The Labute approximate surface area is 213 Å². The van der Waals surface area contributed by atoms with Crippen LogP contribution >= 0.6 is 0 Å². The highest BCUT2D eigenvalue weighted by molar-refractivity contribution is 5.95. The van der Waals surface area contributed by atoms with Crippen molar-refractivity contribution in [3.05, 3.63) is 95.8 Å². The molecule has 0 spiro atoms. The molecular weight excluding hydrogens is 448 g/mol. The summed E-state index contributed by atoms with van der Waals surface area (Å²) in [5.74, 6) is 0.825. The maximum atomic E-state index is 13.4. The number of carbonyl (C=O) groups excluding carboxylic acids is 1. The maximum absolute atomic E-state index is 13.4. The fourth-order valence-electron chi connectivity index (χ4n) is 5.31. The first-order chi connectivity index (χ1) is 17.5. The van der Waals surface area contributed by atoms with Gasteiger partial charge in [0.15, 0.2) is 0 Å². The van der Waals surface area contributed by atoms with Gasteiger partial charge in [0.05, 0.1) is 12.6 Å². The Bertz CT molecular complexity index is 1230. The first-order valence-corrected chi connectivity index (χ1v) is 12.7. The van der Waals surface area contributed by atoms with Crippen LogP contribution in [0.4, 0.5) is 5.69 Å². The number of aryl methyl sites for hydroxylation is 1. The number of amides is 1. The number of piperidine rings is 1. The van der Waals surface area contributed by atoms with E-state index < -0.39 is 0 Å². The number of aromatic nitrogens is 1. The summed E-state index contributed by atoms with van der Waals surface area (Å²) in [6.07, 6.45) is 6.39. The van der Waals surface area contributed by atoms with Crippen LogP contribution in [0, 0.1) is 6.92 Å². The van der Waals surface area contributed by atoms with Crippen molar-refractivity contribution >= 4 is 17.3 Å². The molecule has 1 saturated heterocycles. The summed E-state index contributed by atoms with van der Waals surface area (Å²) in [6.45, 7) is 8.83. The van der Waals surface area contributed by atoms with Crippen molar-refractivity contribution in [2.24, 2.45) is 0 Å². The summed E-state index contributed by atoms with van der Waals surface area (Å²) in [5.41, 5.74) is 6.15. The minimum absolute atomic E-state index is 0.0446. The normalized spacial score (nSPS) is 17.6. The van der Waals surface area contributed by atoms with E-state index in [2.05, 4.69) is 40.8 Å². The largest absolute Gasteiger partial charge is 0.493 e. The van der Waals surface area contributed by atoms with E-state index in [0.717, 1.165) is 54.9 Å². The van der Waals surface area contributed by atoms with Crippen molar-refractivity contribution in [3.63, 3.8) is 0 Å². The molecule has 2 aliphatic heterocycles. The van der Waals surface area contributed by atoms with Gasteiger partial charge in [0, 0.05) is 67.5 Å². The quantitative estimate of drug-likeness (QED) is 0.522. The van der Waals surface area contributed by atoms with Gasteiger partial charge in [-0.25, -0.2) is 0 Å². The van der Waals surface area contributed by atoms with Crippen LogP contribution < -0.4 is 15.0 Å². The maximum Gasteiger partial charge on any atom is 0.253 e. The number of hydrogen-bond acceptors (Lipinski definition) is 5. The van der Waals surface area contributed by atoms with Crippen LogP contribution in [0.3, 0.4) is 0 Å². The molecule has 2 aromatic carbocycles. The van der Waals surface area contributed by atoms with Crippen LogP contribution in [0.5, 0.6) is 5.75 Å². The molecule has 3 aromatic rings. The Kier molecular flexibility index (Phi) is 6.94. The topological polar surface area (TPSA) is 57.7 Å². The minimum atomic E-state index is 0.0446. The zero-order valence-electron chi connectivity index (χ0n) is 21.1. The van der Waals surface area contributed by atoms with E-state index in [-0.39, 0.29) is 18.0 Å². The smallest absolute Gasteiger partial charge is 0.253 e. The van der Waals surface area contributed by atoms with Crippen LogP contribution in [0.2, 0.25) is 0 Å². The fourth-order valence-corrected chi connectivity index (χ4v) is 5.31. The lowest BCUT2D eigenvalue weighted by Crippen LogP contribution is -2.45. The van der Waals surface area contributed by atoms with E-state index in [0.29, 0.717) is 12.2 Å². The Morgan fingerprint density at radius 1 is 1.08 bits per heavy atom. The van der Waals surface area contributed by atoms with Crippen molar-refractivity contribution in [2.45, 2.75) is 38.3 Å². The van der Waals surface area contributed by atoms with Gasteiger partial charge in [-0.05, 0) is 55.2 Å². The molecule has 1 fully saturated rings. The highest BCUT2D eigenvalue weighted by Gasteiger charge is 2.28. The van der Waals surface area contributed by atoms with Gasteiger partial charge in [-0.1, -0.05) is 36.9 Å². The van der Waals surface area contributed by atoms with Crippen molar-refractivity contribution in [3.8, 4) is 5.75 Å². The average Bonchev–Trinajstić information content (AvgIpc) is 2.93. The predicted octanol–water partition coefficient (Wildman–Crippen LogP) is 5.22. The van der Waals surface area contributed by atoms with Crippen molar-refractivity contribution in [1.29, 1.82) is 0 Å². The summed E-state index contributed by atoms with van der Waals surface area (Å²) < 4.78 is 5.99. The summed E-state index contributed by atoms with van der Waals surface area (Å²) in [5, 5.41) is 3.59. The van der Waals surface area contributed by atoms with E-state index in [1.165, 1.54) is 11.3 Å². The van der Waals surface area contributed by atoms with Crippen LogP contribution in [0.1, 0.15) is 52.4 Å².